The van der Waals surface area contributed by atoms with Gasteiger partial charge in [-0.2, -0.15) is 0 Å². The molecular formula is C23H17BrN2O3. The van der Waals surface area contributed by atoms with Gasteiger partial charge in [0, 0.05) is 29.0 Å². The summed E-state index contributed by atoms with van der Waals surface area (Å²) < 4.78 is 0.883. The Hall–Kier alpha value is -3.25. The maximum atomic E-state index is 12.9. The molecule has 0 bridgehead atoms. The zero-order chi connectivity index (χ0) is 20.4. The van der Waals surface area contributed by atoms with Crippen LogP contribution in [-0.2, 0) is 16.1 Å². The van der Waals surface area contributed by atoms with E-state index >= 15 is 0 Å². The number of nitrogens with zero attached hydrogens (tertiary/aromatic N) is 2. The number of aromatic nitrogens is 1. The van der Waals surface area contributed by atoms with Crippen LogP contribution in [0.1, 0.15) is 22.7 Å². The lowest BCUT2D eigenvalue weighted by Gasteiger charge is -2.25. The molecule has 1 aliphatic rings. The van der Waals surface area contributed by atoms with Gasteiger partial charge >= 0.3 is 0 Å². The van der Waals surface area contributed by atoms with Crippen LogP contribution < -0.4 is 0 Å². The average Bonchev–Trinajstić information content (AvgIpc) is 3.00. The quantitative estimate of drug-likeness (QED) is 0.363. The minimum Gasteiger partial charge on any atom is -0.507 e. The maximum absolute atomic E-state index is 12.9. The third-order valence-electron chi connectivity index (χ3n) is 4.85. The Bertz CT molecular complexity index is 1080. The number of carbonyl (C=O) groups is 2. The standard InChI is InChI=1S/C23H17BrN2O3/c24-18-10-8-16(9-11-18)20-19(21(27)17-6-2-1-3-7-17)22(28)23(29)26(20)14-15-5-4-12-25-13-15/h1-13,20,27H,14H2/b21-19+/t20-/m1/s1. The molecule has 144 valence electrons. The van der Waals surface area contributed by atoms with Gasteiger partial charge in [0.15, 0.2) is 0 Å². The van der Waals surface area contributed by atoms with Crippen molar-refractivity contribution in [1.29, 1.82) is 0 Å². The van der Waals surface area contributed by atoms with Gasteiger partial charge in [-0.3, -0.25) is 14.6 Å². The number of likely N-dealkylation sites (tertiary alicyclic amines) is 1. The largest absolute Gasteiger partial charge is 0.507 e. The Kier molecular flexibility index (Phi) is 5.27. The van der Waals surface area contributed by atoms with E-state index < -0.39 is 17.7 Å². The Balaban J connectivity index is 1.86. The molecule has 1 fully saturated rings. The van der Waals surface area contributed by atoms with Crippen LogP contribution in [-0.4, -0.2) is 26.7 Å². The highest BCUT2D eigenvalue weighted by Gasteiger charge is 2.46. The lowest BCUT2D eigenvalue weighted by atomic mass is 9.95. The highest BCUT2D eigenvalue weighted by molar-refractivity contribution is 9.10. The van der Waals surface area contributed by atoms with Crippen molar-refractivity contribution in [2.45, 2.75) is 12.6 Å². The number of hydrogen-bond donors (Lipinski definition) is 1. The molecule has 0 unspecified atom stereocenters. The number of aliphatic hydroxyl groups is 1. The minimum atomic E-state index is -0.692. The minimum absolute atomic E-state index is 0.0902. The number of amides is 1. The monoisotopic (exact) mass is 448 g/mol. The third kappa shape index (κ3) is 3.71. The molecule has 0 saturated carbocycles. The first-order valence-corrected chi connectivity index (χ1v) is 9.84. The molecule has 6 heteroatoms. The van der Waals surface area contributed by atoms with E-state index in [4.69, 9.17) is 0 Å². The number of halogens is 1. The van der Waals surface area contributed by atoms with Crippen LogP contribution >= 0.6 is 15.9 Å². The van der Waals surface area contributed by atoms with E-state index in [2.05, 4.69) is 20.9 Å². The number of carbonyl (C=O) groups excluding carboxylic acids is 2. The van der Waals surface area contributed by atoms with Crippen molar-refractivity contribution in [2.75, 3.05) is 0 Å². The molecule has 1 aliphatic heterocycles. The van der Waals surface area contributed by atoms with Gasteiger partial charge in [-0.15, -0.1) is 0 Å². The number of hydrogen-bond acceptors (Lipinski definition) is 4. The zero-order valence-corrected chi connectivity index (χ0v) is 16.9. The number of aliphatic hydroxyl groups excluding tert-OH is 1. The number of benzene rings is 2. The van der Waals surface area contributed by atoms with Gasteiger partial charge in [0.2, 0.25) is 0 Å². The summed E-state index contributed by atoms with van der Waals surface area (Å²) in [6, 6.07) is 19.1. The lowest BCUT2D eigenvalue weighted by Crippen LogP contribution is -2.29. The van der Waals surface area contributed by atoms with Crippen LogP contribution in [0.15, 0.2) is 89.2 Å². The molecule has 2 heterocycles. The van der Waals surface area contributed by atoms with Gasteiger partial charge in [-0.1, -0.05) is 64.5 Å². The van der Waals surface area contributed by atoms with E-state index in [9.17, 15) is 14.7 Å². The molecule has 5 nitrogen and oxygen atoms in total. The molecule has 1 aromatic heterocycles. The summed E-state index contributed by atoms with van der Waals surface area (Å²) in [5.41, 5.74) is 2.13. The topological polar surface area (TPSA) is 70.5 Å². The van der Waals surface area contributed by atoms with E-state index in [-0.39, 0.29) is 17.9 Å². The highest BCUT2D eigenvalue weighted by atomic mass is 79.9. The molecule has 1 amide bonds. The number of Topliss-reactive ketones (excluding diaryl/α,β-unsaturated/α-hetero) is 1. The summed E-state index contributed by atoms with van der Waals surface area (Å²) in [5, 5.41) is 10.9. The zero-order valence-electron chi connectivity index (χ0n) is 15.3. The first-order chi connectivity index (χ1) is 14.1. The Morgan fingerprint density at radius 2 is 1.72 bits per heavy atom. The van der Waals surface area contributed by atoms with Crippen molar-refractivity contribution in [3.63, 3.8) is 0 Å². The van der Waals surface area contributed by atoms with Gasteiger partial charge in [0.1, 0.15) is 5.76 Å². The molecule has 1 atom stereocenters. The van der Waals surface area contributed by atoms with Crippen LogP contribution in [0, 0.1) is 0 Å². The Labute approximate surface area is 176 Å². The summed E-state index contributed by atoms with van der Waals surface area (Å²) >= 11 is 3.41. The molecule has 2 aromatic carbocycles. The molecule has 0 spiro atoms. The summed E-state index contributed by atoms with van der Waals surface area (Å²) in [5.74, 6) is -1.51. The van der Waals surface area contributed by atoms with Gasteiger partial charge in [-0.25, -0.2) is 0 Å². The fourth-order valence-corrected chi connectivity index (χ4v) is 3.74. The van der Waals surface area contributed by atoms with Crippen molar-refractivity contribution in [3.8, 4) is 0 Å². The normalized spacial score (nSPS) is 18.2. The molecule has 1 N–H and O–H groups in total. The molecule has 0 radical (unpaired) electrons. The maximum Gasteiger partial charge on any atom is 0.295 e. The van der Waals surface area contributed by atoms with E-state index in [0.29, 0.717) is 5.56 Å². The Morgan fingerprint density at radius 3 is 2.38 bits per heavy atom. The summed E-state index contributed by atoms with van der Waals surface area (Å²) in [7, 11) is 0. The first-order valence-electron chi connectivity index (χ1n) is 9.04. The molecule has 3 aromatic rings. The van der Waals surface area contributed by atoms with Gasteiger partial charge < -0.3 is 10.0 Å². The molecule has 4 rings (SSSR count). The second-order valence-corrected chi connectivity index (χ2v) is 7.62. The van der Waals surface area contributed by atoms with Crippen molar-refractivity contribution in [3.05, 3.63) is 106 Å². The molecule has 1 saturated heterocycles. The van der Waals surface area contributed by atoms with Gasteiger partial charge in [-0.05, 0) is 29.3 Å². The molecular weight excluding hydrogens is 432 g/mol. The van der Waals surface area contributed by atoms with E-state index in [1.165, 1.54) is 4.90 Å². The van der Waals surface area contributed by atoms with Crippen LogP contribution in [0.2, 0.25) is 0 Å². The van der Waals surface area contributed by atoms with E-state index in [0.717, 1.165) is 15.6 Å². The first kappa shape index (κ1) is 19.1. The number of rotatable bonds is 4. The van der Waals surface area contributed by atoms with Crippen molar-refractivity contribution in [2.24, 2.45) is 0 Å². The molecule has 29 heavy (non-hydrogen) atoms. The van der Waals surface area contributed by atoms with Gasteiger partial charge in [0.25, 0.3) is 11.7 Å². The fourth-order valence-electron chi connectivity index (χ4n) is 3.47. The van der Waals surface area contributed by atoms with Crippen LogP contribution in [0.3, 0.4) is 0 Å². The fraction of sp³-hybridized carbons (Fsp3) is 0.0870. The average molecular weight is 449 g/mol. The summed E-state index contributed by atoms with van der Waals surface area (Å²) in [6.45, 7) is 0.213. The summed E-state index contributed by atoms with van der Waals surface area (Å²) in [6.07, 6.45) is 3.31. The third-order valence-corrected chi connectivity index (χ3v) is 5.38. The van der Waals surface area contributed by atoms with Crippen LogP contribution in [0.5, 0.6) is 0 Å². The predicted octanol–water partition coefficient (Wildman–Crippen LogP) is 4.47. The SMILES string of the molecule is O=C1C(=O)N(Cc2cccnc2)[C@H](c2ccc(Br)cc2)/C1=C(\O)c1ccccc1. The van der Waals surface area contributed by atoms with Crippen LogP contribution in [0.25, 0.3) is 5.76 Å². The van der Waals surface area contributed by atoms with Gasteiger partial charge in [0.05, 0.1) is 11.6 Å². The van der Waals surface area contributed by atoms with Crippen molar-refractivity contribution < 1.29 is 14.7 Å². The predicted molar refractivity (Wildman–Crippen MR) is 113 cm³/mol. The van der Waals surface area contributed by atoms with Crippen molar-refractivity contribution >= 4 is 33.4 Å². The Morgan fingerprint density at radius 1 is 1.00 bits per heavy atom. The highest BCUT2D eigenvalue weighted by Crippen LogP contribution is 2.40. The number of ketones is 1. The van der Waals surface area contributed by atoms with Crippen LogP contribution in [0.4, 0.5) is 0 Å². The smallest absolute Gasteiger partial charge is 0.295 e. The second-order valence-electron chi connectivity index (χ2n) is 6.71. The lowest BCUT2D eigenvalue weighted by molar-refractivity contribution is -0.140. The number of pyridine rings is 1. The summed E-state index contributed by atoms with van der Waals surface area (Å²) in [4.78, 5) is 31.4. The van der Waals surface area contributed by atoms with Crippen molar-refractivity contribution in [1.82, 2.24) is 9.88 Å². The second kappa shape index (κ2) is 8.01. The molecule has 0 aliphatic carbocycles. The van der Waals surface area contributed by atoms with E-state index in [1.807, 2.05) is 36.4 Å². The van der Waals surface area contributed by atoms with E-state index in [1.54, 1.807) is 42.7 Å².